The van der Waals surface area contributed by atoms with Crippen LogP contribution >= 0.6 is 15.9 Å². The minimum atomic E-state index is 0.212. The van der Waals surface area contributed by atoms with Crippen LogP contribution in [0.3, 0.4) is 0 Å². The van der Waals surface area contributed by atoms with Crippen LogP contribution in [-0.2, 0) is 4.79 Å². The lowest BCUT2D eigenvalue weighted by molar-refractivity contribution is -0.117. The second-order valence-corrected chi connectivity index (χ2v) is 5.46. The first-order valence-corrected chi connectivity index (χ1v) is 7.50. The highest BCUT2D eigenvalue weighted by atomic mass is 79.9. The molecule has 1 saturated heterocycles. The summed E-state index contributed by atoms with van der Waals surface area (Å²) in [7, 11) is 0. The van der Waals surface area contributed by atoms with Crippen LogP contribution in [0.2, 0.25) is 0 Å². The van der Waals surface area contributed by atoms with E-state index < -0.39 is 0 Å². The quantitative estimate of drug-likeness (QED) is 0.798. The molecule has 1 atom stereocenters. The lowest BCUT2D eigenvalue weighted by Crippen LogP contribution is -2.25. The Morgan fingerprint density at radius 2 is 1.79 bits per heavy atom. The molecule has 0 radical (unpaired) electrons. The molecule has 98 valence electrons. The average Bonchev–Trinajstić information content (AvgIpc) is 3.08. The van der Waals surface area contributed by atoms with Crippen molar-refractivity contribution in [2.24, 2.45) is 5.92 Å². The van der Waals surface area contributed by atoms with Crippen LogP contribution in [0.15, 0.2) is 48.8 Å². The zero-order valence-electron chi connectivity index (χ0n) is 10.5. The van der Waals surface area contributed by atoms with Crippen LogP contribution in [-0.4, -0.2) is 22.3 Å². The van der Waals surface area contributed by atoms with Crippen LogP contribution in [0, 0.1) is 5.92 Å². The van der Waals surface area contributed by atoms with Gasteiger partial charge in [-0.1, -0.05) is 28.1 Å². The summed E-state index contributed by atoms with van der Waals surface area (Å²) in [5.74, 6) is 0.620. The molecule has 3 nitrogen and oxygen atoms in total. The monoisotopic (exact) mass is 318 g/mol. The molecule has 1 unspecified atom stereocenters. The largest absolute Gasteiger partial charge is 0.322 e. The third-order valence-corrected chi connectivity index (χ3v) is 4.39. The Morgan fingerprint density at radius 1 is 1.11 bits per heavy atom. The number of para-hydroxylation sites is 2. The van der Waals surface area contributed by atoms with Crippen molar-refractivity contribution in [3.8, 4) is 5.69 Å². The molecule has 1 amide bonds. The third kappa shape index (κ3) is 2.32. The fraction of sp³-hybridized carbons (Fsp3) is 0.267. The summed E-state index contributed by atoms with van der Waals surface area (Å²) in [5.41, 5.74) is 2.04. The van der Waals surface area contributed by atoms with Gasteiger partial charge in [-0.15, -0.1) is 0 Å². The zero-order chi connectivity index (χ0) is 13.2. The fourth-order valence-electron chi connectivity index (χ4n) is 2.52. The molecule has 3 rings (SSSR count). The number of carbonyl (C=O) groups excluding carboxylic acids is 1. The van der Waals surface area contributed by atoms with Crippen molar-refractivity contribution in [3.05, 3.63) is 48.8 Å². The molecule has 0 spiro atoms. The van der Waals surface area contributed by atoms with Crippen molar-refractivity contribution in [1.82, 2.24) is 4.57 Å². The van der Waals surface area contributed by atoms with Crippen LogP contribution in [0.5, 0.6) is 0 Å². The number of carbonyl (C=O) groups is 1. The molecule has 0 saturated carbocycles. The molecule has 0 bridgehead atoms. The number of anilines is 1. The Hall–Kier alpha value is -1.55. The second-order valence-electron chi connectivity index (χ2n) is 4.81. The minimum absolute atomic E-state index is 0.212. The maximum atomic E-state index is 12.2. The van der Waals surface area contributed by atoms with Gasteiger partial charge in [0.25, 0.3) is 0 Å². The summed E-state index contributed by atoms with van der Waals surface area (Å²) in [5, 5.41) is 0.876. The standard InChI is InChI=1S/C15H15BrN2O/c16-10-12-9-15(19)18(11-12)14-6-2-1-5-13(14)17-7-3-4-8-17/h1-8,12H,9-11H2. The summed E-state index contributed by atoms with van der Waals surface area (Å²) in [4.78, 5) is 14.1. The Labute approximate surface area is 121 Å². The van der Waals surface area contributed by atoms with Crippen molar-refractivity contribution in [3.63, 3.8) is 0 Å². The van der Waals surface area contributed by atoms with Gasteiger partial charge in [0, 0.05) is 30.7 Å². The van der Waals surface area contributed by atoms with Crippen LogP contribution in [0.4, 0.5) is 5.69 Å². The molecule has 2 aromatic rings. The number of hydrogen-bond donors (Lipinski definition) is 0. The van der Waals surface area contributed by atoms with E-state index in [1.54, 1.807) is 0 Å². The smallest absolute Gasteiger partial charge is 0.227 e. The van der Waals surface area contributed by atoms with Crippen molar-refractivity contribution >= 4 is 27.5 Å². The van der Waals surface area contributed by atoms with E-state index >= 15 is 0 Å². The molecular formula is C15H15BrN2O. The minimum Gasteiger partial charge on any atom is -0.322 e. The fourth-order valence-corrected chi connectivity index (χ4v) is 2.96. The molecule has 2 heterocycles. The van der Waals surface area contributed by atoms with Gasteiger partial charge in [-0.05, 0) is 30.2 Å². The normalized spacial score (nSPS) is 19.1. The number of nitrogens with zero attached hydrogens (tertiary/aromatic N) is 2. The van der Waals surface area contributed by atoms with E-state index in [-0.39, 0.29) is 5.91 Å². The molecule has 1 fully saturated rings. The average molecular weight is 319 g/mol. The van der Waals surface area contributed by atoms with Gasteiger partial charge in [0.05, 0.1) is 11.4 Å². The first-order valence-electron chi connectivity index (χ1n) is 6.38. The van der Waals surface area contributed by atoms with Crippen molar-refractivity contribution in [2.45, 2.75) is 6.42 Å². The maximum Gasteiger partial charge on any atom is 0.227 e. The molecule has 1 aromatic heterocycles. The SMILES string of the molecule is O=C1CC(CBr)CN1c1ccccc1-n1cccc1. The van der Waals surface area contributed by atoms with Gasteiger partial charge in [0.2, 0.25) is 5.91 Å². The maximum absolute atomic E-state index is 12.2. The lowest BCUT2D eigenvalue weighted by Gasteiger charge is -2.20. The van der Waals surface area contributed by atoms with Gasteiger partial charge >= 0.3 is 0 Å². The van der Waals surface area contributed by atoms with E-state index in [2.05, 4.69) is 15.9 Å². The van der Waals surface area contributed by atoms with E-state index in [1.807, 2.05) is 58.3 Å². The van der Waals surface area contributed by atoms with Gasteiger partial charge in [-0.25, -0.2) is 0 Å². The van der Waals surface area contributed by atoms with Gasteiger partial charge < -0.3 is 9.47 Å². The van der Waals surface area contributed by atoms with Gasteiger partial charge in [0.15, 0.2) is 0 Å². The number of aromatic nitrogens is 1. The van der Waals surface area contributed by atoms with Gasteiger partial charge in [0.1, 0.15) is 0 Å². The first-order chi connectivity index (χ1) is 9.29. The summed E-state index contributed by atoms with van der Waals surface area (Å²) in [6.07, 6.45) is 4.63. The third-order valence-electron chi connectivity index (χ3n) is 3.48. The summed E-state index contributed by atoms with van der Waals surface area (Å²) >= 11 is 3.48. The Balaban J connectivity index is 2.00. The molecule has 4 heteroatoms. The molecule has 1 aliphatic rings. The van der Waals surface area contributed by atoms with Crippen molar-refractivity contribution in [1.29, 1.82) is 0 Å². The zero-order valence-corrected chi connectivity index (χ0v) is 12.1. The number of hydrogen-bond acceptors (Lipinski definition) is 1. The summed E-state index contributed by atoms with van der Waals surface area (Å²) < 4.78 is 2.05. The number of benzene rings is 1. The van der Waals surface area contributed by atoms with E-state index in [9.17, 15) is 4.79 Å². The molecule has 0 aliphatic carbocycles. The topological polar surface area (TPSA) is 25.2 Å². The summed E-state index contributed by atoms with van der Waals surface area (Å²) in [6, 6.07) is 12.0. The Kier molecular flexibility index (Phi) is 3.42. The van der Waals surface area contributed by atoms with Crippen molar-refractivity contribution < 1.29 is 4.79 Å². The van der Waals surface area contributed by atoms with Crippen molar-refractivity contribution in [2.75, 3.05) is 16.8 Å². The van der Waals surface area contributed by atoms with Gasteiger partial charge in [-0.3, -0.25) is 4.79 Å². The number of rotatable bonds is 3. The first kappa shape index (κ1) is 12.5. The number of halogens is 1. The highest BCUT2D eigenvalue weighted by molar-refractivity contribution is 9.09. The van der Waals surface area contributed by atoms with Crippen LogP contribution < -0.4 is 4.90 Å². The number of alkyl halides is 1. The molecule has 1 aliphatic heterocycles. The van der Waals surface area contributed by atoms with Crippen LogP contribution in [0.25, 0.3) is 5.69 Å². The lowest BCUT2D eigenvalue weighted by atomic mass is 10.2. The highest BCUT2D eigenvalue weighted by Gasteiger charge is 2.31. The Bertz CT molecular complexity index is 580. The van der Waals surface area contributed by atoms with E-state index in [4.69, 9.17) is 0 Å². The highest BCUT2D eigenvalue weighted by Crippen LogP contribution is 2.30. The molecular weight excluding hydrogens is 304 g/mol. The molecule has 1 aromatic carbocycles. The van der Waals surface area contributed by atoms with Gasteiger partial charge in [-0.2, -0.15) is 0 Å². The molecule has 19 heavy (non-hydrogen) atoms. The van der Waals surface area contributed by atoms with E-state index in [0.29, 0.717) is 12.3 Å². The molecule has 0 N–H and O–H groups in total. The van der Waals surface area contributed by atoms with E-state index in [0.717, 1.165) is 23.2 Å². The number of amides is 1. The second kappa shape index (κ2) is 5.21. The summed E-state index contributed by atoms with van der Waals surface area (Å²) in [6.45, 7) is 0.794. The van der Waals surface area contributed by atoms with E-state index in [1.165, 1.54) is 0 Å². The Morgan fingerprint density at radius 3 is 2.42 bits per heavy atom. The van der Waals surface area contributed by atoms with Crippen LogP contribution in [0.1, 0.15) is 6.42 Å². The predicted molar refractivity (Wildman–Crippen MR) is 80.0 cm³/mol. The predicted octanol–water partition coefficient (Wildman–Crippen LogP) is 3.23.